The van der Waals surface area contributed by atoms with Crippen molar-refractivity contribution in [1.29, 1.82) is 0 Å². The monoisotopic (exact) mass is 448 g/mol. The number of hydrogen-bond donors (Lipinski definition) is 0. The van der Waals surface area contributed by atoms with Gasteiger partial charge in [-0.3, -0.25) is 9.47 Å². The number of aromatic nitrogens is 3. The molecular formula is C22H32N4O2S2. The van der Waals surface area contributed by atoms with Crippen LogP contribution in [0.2, 0.25) is 0 Å². The third kappa shape index (κ3) is 4.92. The van der Waals surface area contributed by atoms with Gasteiger partial charge in [-0.25, -0.2) is 13.1 Å². The van der Waals surface area contributed by atoms with Crippen molar-refractivity contribution in [3.8, 4) is 11.4 Å². The van der Waals surface area contributed by atoms with Gasteiger partial charge in [0, 0.05) is 18.2 Å². The number of hydrogen-bond acceptors (Lipinski definition) is 5. The van der Waals surface area contributed by atoms with Gasteiger partial charge in [0.25, 0.3) is 0 Å². The van der Waals surface area contributed by atoms with E-state index < -0.39 is 9.84 Å². The molecule has 0 unspecified atom stereocenters. The summed E-state index contributed by atoms with van der Waals surface area (Å²) in [5.41, 5.74) is 2.35. The number of allylic oxidation sites excluding steroid dienone is 1. The predicted molar refractivity (Wildman–Crippen MR) is 125 cm³/mol. The molecule has 0 amide bonds. The zero-order chi connectivity index (χ0) is 22.1. The maximum atomic E-state index is 11.9. The largest absolute Gasteiger partial charge is 0.296 e. The van der Waals surface area contributed by atoms with E-state index in [2.05, 4.69) is 56.5 Å². The van der Waals surface area contributed by atoms with Crippen molar-refractivity contribution in [2.75, 3.05) is 18.1 Å². The van der Waals surface area contributed by atoms with E-state index in [4.69, 9.17) is 17.3 Å². The molecule has 1 aliphatic rings. The lowest BCUT2D eigenvalue weighted by atomic mass is 9.87. The molecule has 0 bridgehead atoms. The Morgan fingerprint density at radius 1 is 1.30 bits per heavy atom. The van der Waals surface area contributed by atoms with Crippen LogP contribution >= 0.6 is 12.2 Å². The molecule has 1 aromatic carbocycles. The summed E-state index contributed by atoms with van der Waals surface area (Å²) in [7, 11) is -2.94. The first kappa shape index (κ1) is 22.9. The van der Waals surface area contributed by atoms with E-state index in [1.165, 1.54) is 5.56 Å². The maximum absolute atomic E-state index is 11.9. The fraction of sp³-hybridized carbons (Fsp3) is 0.545. The van der Waals surface area contributed by atoms with E-state index in [0.29, 0.717) is 24.4 Å². The molecule has 6 nitrogen and oxygen atoms in total. The van der Waals surface area contributed by atoms with E-state index in [1.54, 1.807) is 4.68 Å². The molecule has 0 radical (unpaired) electrons. The molecule has 2 heterocycles. The van der Waals surface area contributed by atoms with Crippen LogP contribution in [0, 0.1) is 4.77 Å². The van der Waals surface area contributed by atoms with Crippen LogP contribution in [-0.2, 0) is 28.5 Å². The Bertz CT molecular complexity index is 1060. The Kier molecular flexibility index (Phi) is 6.69. The molecule has 1 aliphatic heterocycles. The smallest absolute Gasteiger partial charge is 0.199 e. The SMILES string of the molecule is C=CCn1c(-c2ccc(C(C)(C)C)cc2)nn(CN(CC)[C@@H]2CCS(=O)(=O)C2)c1=S. The predicted octanol–water partition coefficient (Wildman–Crippen LogP) is 4.03. The van der Waals surface area contributed by atoms with Gasteiger partial charge in [-0.15, -0.1) is 6.58 Å². The van der Waals surface area contributed by atoms with E-state index in [9.17, 15) is 8.42 Å². The fourth-order valence-corrected chi connectivity index (χ4v) is 5.89. The van der Waals surface area contributed by atoms with Crippen molar-refractivity contribution in [1.82, 2.24) is 19.2 Å². The van der Waals surface area contributed by atoms with Crippen LogP contribution in [0.15, 0.2) is 36.9 Å². The topological polar surface area (TPSA) is 60.1 Å². The molecule has 0 aliphatic carbocycles. The van der Waals surface area contributed by atoms with Gasteiger partial charge >= 0.3 is 0 Å². The molecule has 0 saturated carbocycles. The molecule has 8 heteroatoms. The van der Waals surface area contributed by atoms with E-state index in [-0.39, 0.29) is 23.0 Å². The van der Waals surface area contributed by atoms with Crippen molar-refractivity contribution >= 4 is 22.1 Å². The van der Waals surface area contributed by atoms with E-state index in [0.717, 1.165) is 17.9 Å². The van der Waals surface area contributed by atoms with Gasteiger partial charge in [-0.1, -0.05) is 58.0 Å². The van der Waals surface area contributed by atoms with E-state index in [1.807, 2.05) is 17.6 Å². The van der Waals surface area contributed by atoms with Crippen LogP contribution in [0.25, 0.3) is 11.4 Å². The molecule has 1 atom stereocenters. The molecule has 0 N–H and O–H groups in total. The van der Waals surface area contributed by atoms with Gasteiger partial charge in [0.2, 0.25) is 0 Å². The lowest BCUT2D eigenvalue weighted by molar-refractivity contribution is 0.164. The highest BCUT2D eigenvalue weighted by Crippen LogP contribution is 2.26. The first-order valence-corrected chi connectivity index (χ1v) is 12.6. The summed E-state index contributed by atoms with van der Waals surface area (Å²) in [5, 5.41) is 4.82. The molecule has 1 saturated heterocycles. The molecular weight excluding hydrogens is 416 g/mol. The number of nitrogens with zero attached hydrogens (tertiary/aromatic N) is 4. The molecule has 3 rings (SSSR count). The minimum absolute atomic E-state index is 0.0148. The molecule has 1 fully saturated rings. The van der Waals surface area contributed by atoms with Gasteiger partial charge in [-0.2, -0.15) is 5.10 Å². The third-order valence-electron chi connectivity index (χ3n) is 5.69. The quantitative estimate of drug-likeness (QED) is 0.473. The average Bonchev–Trinajstić information content (AvgIpc) is 3.19. The highest BCUT2D eigenvalue weighted by Gasteiger charge is 2.32. The van der Waals surface area contributed by atoms with Gasteiger partial charge in [-0.05, 0) is 36.2 Å². The highest BCUT2D eigenvalue weighted by atomic mass is 32.2. The van der Waals surface area contributed by atoms with Crippen LogP contribution in [0.4, 0.5) is 0 Å². The zero-order valence-electron chi connectivity index (χ0n) is 18.3. The lowest BCUT2D eigenvalue weighted by Gasteiger charge is -2.26. The molecule has 0 spiro atoms. The second kappa shape index (κ2) is 8.77. The summed E-state index contributed by atoms with van der Waals surface area (Å²) in [5.74, 6) is 1.27. The molecule has 1 aromatic heterocycles. The number of sulfone groups is 1. The van der Waals surface area contributed by atoms with Crippen LogP contribution in [0.3, 0.4) is 0 Å². The fourth-order valence-electron chi connectivity index (χ4n) is 3.87. The summed E-state index contributed by atoms with van der Waals surface area (Å²) < 4.78 is 28.2. The van der Waals surface area contributed by atoms with Gasteiger partial charge in [0.1, 0.15) is 0 Å². The van der Waals surface area contributed by atoms with Crippen LogP contribution in [0.5, 0.6) is 0 Å². The Morgan fingerprint density at radius 2 is 1.97 bits per heavy atom. The van der Waals surface area contributed by atoms with E-state index >= 15 is 0 Å². The average molecular weight is 449 g/mol. The molecule has 30 heavy (non-hydrogen) atoms. The number of benzene rings is 1. The third-order valence-corrected chi connectivity index (χ3v) is 7.87. The molecule has 2 aromatic rings. The summed E-state index contributed by atoms with van der Waals surface area (Å²) in [6, 6.07) is 8.46. The Balaban J connectivity index is 1.94. The van der Waals surface area contributed by atoms with Gasteiger partial charge in [0.15, 0.2) is 20.4 Å². The van der Waals surface area contributed by atoms with Gasteiger partial charge in [0.05, 0.1) is 18.2 Å². The summed E-state index contributed by atoms with van der Waals surface area (Å²) >= 11 is 5.72. The summed E-state index contributed by atoms with van der Waals surface area (Å²) in [6.45, 7) is 14.3. The maximum Gasteiger partial charge on any atom is 0.199 e. The number of rotatable bonds is 7. The first-order chi connectivity index (χ1) is 14.1. The van der Waals surface area contributed by atoms with Crippen molar-refractivity contribution in [2.24, 2.45) is 0 Å². The Hall–Kier alpha value is -1.77. The zero-order valence-corrected chi connectivity index (χ0v) is 20.0. The van der Waals surface area contributed by atoms with Crippen LogP contribution < -0.4 is 0 Å². The second-order valence-electron chi connectivity index (χ2n) is 8.94. The Labute approximate surface area is 185 Å². The summed E-state index contributed by atoms with van der Waals surface area (Å²) in [6.07, 6.45) is 2.48. The second-order valence-corrected chi connectivity index (χ2v) is 11.5. The minimum atomic E-state index is -2.94. The minimum Gasteiger partial charge on any atom is -0.296 e. The van der Waals surface area contributed by atoms with Gasteiger partial charge < -0.3 is 0 Å². The van der Waals surface area contributed by atoms with Crippen LogP contribution in [-0.4, -0.2) is 51.8 Å². The van der Waals surface area contributed by atoms with Crippen molar-refractivity contribution in [3.63, 3.8) is 0 Å². The Morgan fingerprint density at radius 3 is 2.47 bits per heavy atom. The standard InChI is InChI=1S/C22H32N4O2S2/c1-6-13-25-20(17-8-10-18(11-9-17)22(3,4)5)23-26(21(25)29)16-24(7-2)19-12-14-30(27,28)15-19/h6,8-11,19H,1,7,12-16H2,2-5H3/t19-/m1/s1. The van der Waals surface area contributed by atoms with Crippen LogP contribution in [0.1, 0.15) is 39.7 Å². The lowest BCUT2D eigenvalue weighted by Crippen LogP contribution is -2.37. The first-order valence-electron chi connectivity index (χ1n) is 10.4. The normalized spacial score (nSPS) is 18.8. The molecule has 164 valence electrons. The van der Waals surface area contributed by atoms with Crippen molar-refractivity contribution in [3.05, 3.63) is 47.3 Å². The van der Waals surface area contributed by atoms with Crippen molar-refractivity contribution < 1.29 is 8.42 Å². The van der Waals surface area contributed by atoms with Crippen molar-refractivity contribution in [2.45, 2.75) is 58.8 Å². The summed E-state index contributed by atoms with van der Waals surface area (Å²) in [4.78, 5) is 2.15. The highest BCUT2D eigenvalue weighted by molar-refractivity contribution is 7.91.